The molecule has 5 nitrogen and oxygen atoms in total. The number of hydrogen-bond donors (Lipinski definition) is 0. The molecule has 1 atom stereocenters. The molecule has 0 aliphatic carbocycles. The molecule has 1 unspecified atom stereocenters. The van der Waals surface area contributed by atoms with E-state index in [4.69, 9.17) is 11.6 Å². The number of hydrogen-bond acceptors (Lipinski definition) is 4. The highest BCUT2D eigenvalue weighted by atomic mass is 35.5. The first kappa shape index (κ1) is 11.0. The molecule has 1 saturated heterocycles. The van der Waals surface area contributed by atoms with Crippen molar-refractivity contribution in [3.63, 3.8) is 0 Å². The summed E-state index contributed by atoms with van der Waals surface area (Å²) in [7, 11) is 1.22. The van der Waals surface area contributed by atoms with Crippen LogP contribution in [0.25, 0.3) is 0 Å². The molecule has 0 N–H and O–H groups in total. The largest absolute Gasteiger partial charge is 0.467 e. The van der Waals surface area contributed by atoms with Crippen molar-refractivity contribution in [3.8, 4) is 0 Å². The van der Waals surface area contributed by atoms with Crippen LogP contribution in [0, 0.1) is 0 Å². The molecular formula is C8H10ClNO4. The van der Waals surface area contributed by atoms with Gasteiger partial charge in [0.1, 0.15) is 11.9 Å². The van der Waals surface area contributed by atoms with E-state index in [2.05, 4.69) is 4.74 Å². The van der Waals surface area contributed by atoms with E-state index in [0.717, 1.165) is 4.90 Å². The molecule has 2 amide bonds. The number of methoxy groups -OCH3 is 1. The monoisotopic (exact) mass is 219 g/mol. The van der Waals surface area contributed by atoms with Crippen LogP contribution in [0.5, 0.6) is 0 Å². The number of rotatable bonds is 2. The van der Waals surface area contributed by atoms with Gasteiger partial charge in [0.2, 0.25) is 11.8 Å². The topological polar surface area (TPSA) is 63.7 Å². The second-order valence-electron chi connectivity index (χ2n) is 2.87. The Bertz CT molecular complexity index is 279. The van der Waals surface area contributed by atoms with Crippen LogP contribution < -0.4 is 0 Å². The number of halogens is 1. The van der Waals surface area contributed by atoms with E-state index in [-0.39, 0.29) is 18.2 Å². The zero-order valence-electron chi connectivity index (χ0n) is 7.66. The van der Waals surface area contributed by atoms with Crippen molar-refractivity contribution >= 4 is 29.4 Å². The Morgan fingerprint density at radius 3 is 2.79 bits per heavy atom. The predicted molar refractivity (Wildman–Crippen MR) is 47.6 cm³/mol. The summed E-state index contributed by atoms with van der Waals surface area (Å²) in [6.45, 7) is 0. The molecule has 0 spiro atoms. The van der Waals surface area contributed by atoms with Gasteiger partial charge in [0.15, 0.2) is 0 Å². The van der Waals surface area contributed by atoms with E-state index in [1.807, 2.05) is 0 Å². The van der Waals surface area contributed by atoms with Crippen molar-refractivity contribution in [1.82, 2.24) is 4.90 Å². The maximum atomic E-state index is 11.2. The highest BCUT2D eigenvalue weighted by Gasteiger charge is 2.40. The molecule has 0 aromatic rings. The first-order chi connectivity index (χ1) is 6.61. The zero-order chi connectivity index (χ0) is 10.7. The van der Waals surface area contributed by atoms with Crippen molar-refractivity contribution < 1.29 is 19.1 Å². The van der Waals surface area contributed by atoms with Crippen LogP contribution in [0.4, 0.5) is 0 Å². The van der Waals surface area contributed by atoms with E-state index < -0.39 is 17.9 Å². The third kappa shape index (κ3) is 1.87. The second kappa shape index (κ2) is 4.41. The van der Waals surface area contributed by atoms with Gasteiger partial charge in [-0.05, 0) is 6.42 Å². The van der Waals surface area contributed by atoms with Crippen molar-refractivity contribution in [3.05, 3.63) is 0 Å². The third-order valence-corrected chi connectivity index (χ3v) is 2.30. The number of ether oxygens (including phenoxy) is 1. The fraction of sp³-hybridized carbons (Fsp3) is 0.625. The van der Waals surface area contributed by atoms with Gasteiger partial charge in [0.25, 0.3) is 0 Å². The molecule has 1 heterocycles. The summed E-state index contributed by atoms with van der Waals surface area (Å²) in [5, 5.41) is 0. The molecule has 0 aromatic carbocycles. The molecule has 14 heavy (non-hydrogen) atoms. The molecule has 1 aliphatic heterocycles. The fourth-order valence-corrected chi connectivity index (χ4v) is 1.55. The SMILES string of the molecule is COC(=O)C1CCC(=O)N1C(=O)CCl. The van der Waals surface area contributed by atoms with Gasteiger partial charge in [-0.15, -0.1) is 11.6 Å². The summed E-state index contributed by atoms with van der Waals surface area (Å²) in [5.41, 5.74) is 0. The maximum Gasteiger partial charge on any atom is 0.329 e. The van der Waals surface area contributed by atoms with E-state index >= 15 is 0 Å². The second-order valence-corrected chi connectivity index (χ2v) is 3.14. The molecule has 0 radical (unpaired) electrons. The predicted octanol–water partition coefficient (Wildman–Crippen LogP) is -0.0842. The molecular weight excluding hydrogens is 210 g/mol. The number of nitrogens with zero attached hydrogens (tertiary/aromatic N) is 1. The van der Waals surface area contributed by atoms with Gasteiger partial charge in [0.05, 0.1) is 7.11 Å². The molecule has 1 rings (SSSR count). The summed E-state index contributed by atoms with van der Waals surface area (Å²) in [6.07, 6.45) is 0.497. The van der Waals surface area contributed by atoms with Crippen LogP contribution in [0.1, 0.15) is 12.8 Å². The minimum Gasteiger partial charge on any atom is -0.467 e. The van der Waals surface area contributed by atoms with Crippen molar-refractivity contribution in [2.75, 3.05) is 13.0 Å². The molecule has 1 aliphatic rings. The van der Waals surface area contributed by atoms with Gasteiger partial charge >= 0.3 is 5.97 Å². The lowest BCUT2D eigenvalue weighted by Gasteiger charge is -2.19. The lowest BCUT2D eigenvalue weighted by atomic mass is 10.2. The summed E-state index contributed by atoms with van der Waals surface area (Å²) < 4.78 is 4.48. The third-order valence-electron chi connectivity index (χ3n) is 2.07. The number of likely N-dealkylation sites (tertiary alicyclic amines) is 1. The number of carbonyl (C=O) groups excluding carboxylic acids is 3. The molecule has 1 fully saturated rings. The normalized spacial score (nSPS) is 21.1. The number of carbonyl (C=O) groups is 3. The minimum atomic E-state index is -0.793. The molecule has 6 heteroatoms. The Kier molecular flexibility index (Phi) is 3.46. The van der Waals surface area contributed by atoms with Gasteiger partial charge in [-0.2, -0.15) is 0 Å². The maximum absolute atomic E-state index is 11.2. The average Bonchev–Trinajstić information content (AvgIpc) is 2.58. The summed E-state index contributed by atoms with van der Waals surface area (Å²) in [6, 6.07) is -0.793. The van der Waals surface area contributed by atoms with E-state index in [9.17, 15) is 14.4 Å². The highest BCUT2D eigenvalue weighted by molar-refractivity contribution is 6.28. The Labute approximate surface area is 85.9 Å². The summed E-state index contributed by atoms with van der Waals surface area (Å²) >= 11 is 5.31. The van der Waals surface area contributed by atoms with Crippen LogP contribution in [-0.2, 0) is 19.1 Å². The zero-order valence-corrected chi connectivity index (χ0v) is 8.41. The summed E-state index contributed by atoms with van der Waals surface area (Å²) in [4.78, 5) is 34.5. The molecule has 78 valence electrons. The van der Waals surface area contributed by atoms with E-state index in [0.29, 0.717) is 6.42 Å². The molecule has 0 saturated carbocycles. The van der Waals surface area contributed by atoms with Crippen LogP contribution >= 0.6 is 11.6 Å². The highest BCUT2D eigenvalue weighted by Crippen LogP contribution is 2.20. The van der Waals surface area contributed by atoms with Crippen molar-refractivity contribution in [2.24, 2.45) is 0 Å². The van der Waals surface area contributed by atoms with Crippen LogP contribution in [0.3, 0.4) is 0 Å². The number of amides is 2. The van der Waals surface area contributed by atoms with Gasteiger partial charge in [0, 0.05) is 6.42 Å². The van der Waals surface area contributed by atoms with Crippen LogP contribution in [0.2, 0.25) is 0 Å². The number of esters is 1. The Morgan fingerprint density at radius 1 is 1.64 bits per heavy atom. The van der Waals surface area contributed by atoms with Gasteiger partial charge in [-0.25, -0.2) is 4.79 Å². The standard InChI is InChI=1S/C8H10ClNO4/c1-14-8(13)5-2-3-6(11)10(5)7(12)4-9/h5H,2-4H2,1H3. The first-order valence-corrected chi connectivity index (χ1v) is 4.64. The minimum absolute atomic E-state index is 0.183. The Morgan fingerprint density at radius 2 is 2.29 bits per heavy atom. The quantitative estimate of drug-likeness (QED) is 0.481. The van der Waals surface area contributed by atoms with Crippen LogP contribution in [0.15, 0.2) is 0 Å². The van der Waals surface area contributed by atoms with Crippen LogP contribution in [-0.4, -0.2) is 41.7 Å². The van der Waals surface area contributed by atoms with Crippen molar-refractivity contribution in [2.45, 2.75) is 18.9 Å². The van der Waals surface area contributed by atoms with E-state index in [1.54, 1.807) is 0 Å². The van der Waals surface area contributed by atoms with Gasteiger partial charge in [-0.3, -0.25) is 14.5 Å². The van der Waals surface area contributed by atoms with Gasteiger partial charge < -0.3 is 4.74 Å². The fourth-order valence-electron chi connectivity index (χ4n) is 1.42. The number of imide groups is 1. The summed E-state index contributed by atoms with van der Waals surface area (Å²) in [5.74, 6) is -1.80. The lowest BCUT2D eigenvalue weighted by Crippen LogP contribution is -2.44. The Balaban J connectivity index is 2.81. The van der Waals surface area contributed by atoms with E-state index in [1.165, 1.54) is 7.11 Å². The first-order valence-electron chi connectivity index (χ1n) is 4.10. The van der Waals surface area contributed by atoms with Gasteiger partial charge in [-0.1, -0.05) is 0 Å². The lowest BCUT2D eigenvalue weighted by molar-refractivity contribution is -0.154. The average molecular weight is 220 g/mol. The molecule has 0 bridgehead atoms. The van der Waals surface area contributed by atoms with Crippen molar-refractivity contribution in [1.29, 1.82) is 0 Å². The Hall–Kier alpha value is -1.10. The molecule has 0 aromatic heterocycles. The smallest absolute Gasteiger partial charge is 0.329 e. The number of alkyl halides is 1.